The van der Waals surface area contributed by atoms with E-state index >= 15 is 0 Å². The highest BCUT2D eigenvalue weighted by Gasteiger charge is 2.33. The molecule has 0 spiro atoms. The van der Waals surface area contributed by atoms with Crippen LogP contribution in [0.1, 0.15) is 13.3 Å². The molecule has 10 heteroatoms. The van der Waals surface area contributed by atoms with Crippen molar-refractivity contribution in [1.29, 1.82) is 0 Å². The lowest BCUT2D eigenvalue weighted by atomic mass is 9.88. The van der Waals surface area contributed by atoms with E-state index in [4.69, 9.17) is 5.21 Å². The molecule has 0 radical (unpaired) electrons. The Hall–Kier alpha value is -2.69. The number of amides is 1. The minimum Gasteiger partial charge on any atom is -0.772 e. The van der Waals surface area contributed by atoms with Gasteiger partial charge in [0.05, 0.1) is 34.5 Å². The lowest BCUT2D eigenvalue weighted by Gasteiger charge is -2.27. The Kier molecular flexibility index (Phi) is 5.59. The molecule has 27 heavy (non-hydrogen) atoms. The predicted octanol–water partition coefficient (Wildman–Crippen LogP) is 1.27. The van der Waals surface area contributed by atoms with Gasteiger partial charge >= 0.3 is 0 Å². The summed E-state index contributed by atoms with van der Waals surface area (Å²) >= 11 is -2.42. The summed E-state index contributed by atoms with van der Waals surface area (Å²) in [5.41, 5.74) is 3.26. The summed E-state index contributed by atoms with van der Waals surface area (Å²) in [5, 5.41) is 13.1. The molecule has 0 fully saturated rings. The highest BCUT2D eigenvalue weighted by atomic mass is 32.2. The first-order valence-corrected chi connectivity index (χ1v) is 9.41. The number of hydroxylamine groups is 1. The number of nitrogens with one attached hydrogen (secondary N) is 1. The van der Waals surface area contributed by atoms with Gasteiger partial charge in [0.1, 0.15) is 0 Å². The Balaban J connectivity index is 1.76. The number of aryl methyl sites for hydroxylation is 1. The van der Waals surface area contributed by atoms with E-state index in [1.807, 2.05) is 24.3 Å². The van der Waals surface area contributed by atoms with Crippen LogP contribution >= 0.6 is 0 Å². The molecule has 9 nitrogen and oxygen atoms in total. The van der Waals surface area contributed by atoms with Crippen LogP contribution in [0.25, 0.3) is 22.3 Å². The van der Waals surface area contributed by atoms with Crippen LogP contribution in [0.2, 0.25) is 0 Å². The van der Waals surface area contributed by atoms with E-state index in [0.717, 1.165) is 16.6 Å². The van der Waals surface area contributed by atoms with Crippen LogP contribution in [-0.4, -0.2) is 45.4 Å². The SMILES string of the molecule is C[C@](CCn1cc(-c2cnc3ccccc3n2)cn1)(CS(=O)[O-])C(=O)NO. The molecule has 2 aromatic heterocycles. The summed E-state index contributed by atoms with van der Waals surface area (Å²) in [6.45, 7) is 1.77. The largest absolute Gasteiger partial charge is 0.772 e. The van der Waals surface area contributed by atoms with Crippen LogP contribution in [0.15, 0.2) is 42.9 Å². The lowest BCUT2D eigenvalue weighted by molar-refractivity contribution is -0.138. The molecule has 1 amide bonds. The van der Waals surface area contributed by atoms with Crippen LogP contribution < -0.4 is 5.48 Å². The molecule has 142 valence electrons. The van der Waals surface area contributed by atoms with Crippen molar-refractivity contribution in [3.63, 3.8) is 0 Å². The van der Waals surface area contributed by atoms with Crippen molar-refractivity contribution >= 4 is 28.0 Å². The molecule has 2 heterocycles. The first-order valence-electron chi connectivity index (χ1n) is 8.16. The average Bonchev–Trinajstić information content (AvgIpc) is 3.14. The van der Waals surface area contributed by atoms with Gasteiger partial charge in [-0.15, -0.1) is 0 Å². The maximum atomic E-state index is 11.9. The van der Waals surface area contributed by atoms with Gasteiger partial charge in [-0.1, -0.05) is 23.2 Å². The second-order valence-electron chi connectivity index (χ2n) is 6.44. The molecule has 2 N–H and O–H groups in total. The Morgan fingerprint density at radius 3 is 2.78 bits per heavy atom. The Morgan fingerprint density at radius 2 is 2.07 bits per heavy atom. The van der Waals surface area contributed by atoms with E-state index in [0.29, 0.717) is 12.2 Å². The third-order valence-electron chi connectivity index (χ3n) is 4.36. The number of hydrogen-bond acceptors (Lipinski definition) is 7. The molecule has 3 rings (SSSR count). The van der Waals surface area contributed by atoms with Gasteiger partial charge in [-0.2, -0.15) is 5.10 Å². The van der Waals surface area contributed by atoms with Crippen LogP contribution in [0, 0.1) is 5.41 Å². The number of hydrogen-bond donors (Lipinski definition) is 2. The number of aromatic nitrogens is 4. The molecular formula is C17H18N5O4S-. The van der Waals surface area contributed by atoms with Gasteiger partial charge in [-0.05, 0) is 25.5 Å². The van der Waals surface area contributed by atoms with Crippen molar-refractivity contribution < 1.29 is 18.8 Å². The molecule has 1 aromatic carbocycles. The molecule has 0 aliphatic heterocycles. The van der Waals surface area contributed by atoms with E-state index in [9.17, 15) is 13.6 Å². The summed E-state index contributed by atoms with van der Waals surface area (Å²) in [5.74, 6) is -1.15. The van der Waals surface area contributed by atoms with E-state index in [2.05, 4.69) is 15.1 Å². The van der Waals surface area contributed by atoms with Crippen LogP contribution in [-0.2, 0) is 22.4 Å². The van der Waals surface area contributed by atoms with Crippen molar-refractivity contribution in [2.24, 2.45) is 5.41 Å². The zero-order valence-electron chi connectivity index (χ0n) is 14.5. The standard InChI is InChI=1S/C17H19N5O4S/c1-17(11-27(25)26,16(23)21-24)6-7-22-10-12(8-19-22)15-9-18-13-4-2-3-5-14(13)20-15/h2-5,8-10,24H,6-7,11H2,1H3,(H,21,23)(H,25,26)/p-1/t17-/m0/s1. The Morgan fingerprint density at radius 1 is 1.33 bits per heavy atom. The van der Waals surface area contributed by atoms with Crippen molar-refractivity contribution in [3.8, 4) is 11.3 Å². The van der Waals surface area contributed by atoms with Crippen LogP contribution in [0.3, 0.4) is 0 Å². The van der Waals surface area contributed by atoms with Crippen LogP contribution in [0.5, 0.6) is 0 Å². The number of nitrogens with zero attached hydrogens (tertiary/aromatic N) is 4. The summed E-state index contributed by atoms with van der Waals surface area (Å²) in [6, 6.07) is 7.53. The maximum absolute atomic E-state index is 11.9. The van der Waals surface area contributed by atoms with E-state index in [1.165, 1.54) is 12.4 Å². The number of para-hydroxylation sites is 2. The molecule has 0 saturated carbocycles. The van der Waals surface area contributed by atoms with Gasteiger partial charge in [0.15, 0.2) is 0 Å². The lowest BCUT2D eigenvalue weighted by Crippen LogP contribution is -2.42. The number of carbonyl (C=O) groups is 1. The zero-order chi connectivity index (χ0) is 19.4. The van der Waals surface area contributed by atoms with Gasteiger partial charge in [-0.25, -0.2) is 10.5 Å². The Bertz CT molecular complexity index is 992. The summed E-state index contributed by atoms with van der Waals surface area (Å²) in [7, 11) is 0. The van der Waals surface area contributed by atoms with Gasteiger partial charge in [-0.3, -0.25) is 23.9 Å². The quantitative estimate of drug-likeness (QED) is 0.354. The first kappa shape index (κ1) is 19.1. The number of fused-ring (bicyclic) bond motifs is 1. The first-order chi connectivity index (χ1) is 12.9. The third kappa shape index (κ3) is 4.35. The van der Waals surface area contributed by atoms with Crippen molar-refractivity contribution in [1.82, 2.24) is 25.2 Å². The summed E-state index contributed by atoms with van der Waals surface area (Å²) in [6.07, 6.45) is 5.23. The van der Waals surface area contributed by atoms with Gasteiger partial charge in [0, 0.05) is 24.1 Å². The fraction of sp³-hybridized carbons (Fsp3) is 0.294. The van der Waals surface area contributed by atoms with E-state index in [1.54, 1.807) is 23.3 Å². The van der Waals surface area contributed by atoms with Gasteiger partial charge < -0.3 is 4.55 Å². The predicted molar refractivity (Wildman–Crippen MR) is 97.2 cm³/mol. The van der Waals surface area contributed by atoms with Crippen molar-refractivity contribution in [2.45, 2.75) is 19.9 Å². The minimum absolute atomic E-state index is 0.178. The van der Waals surface area contributed by atoms with E-state index in [-0.39, 0.29) is 6.42 Å². The molecule has 0 aliphatic rings. The Labute approximate surface area is 157 Å². The minimum atomic E-state index is -2.42. The fourth-order valence-corrected chi connectivity index (χ4v) is 3.52. The number of benzene rings is 1. The number of rotatable bonds is 7. The summed E-state index contributed by atoms with van der Waals surface area (Å²) in [4.78, 5) is 20.8. The fourth-order valence-electron chi connectivity index (χ4n) is 2.72. The zero-order valence-corrected chi connectivity index (χ0v) is 15.3. The molecule has 0 saturated heterocycles. The monoisotopic (exact) mass is 388 g/mol. The molecule has 0 aliphatic carbocycles. The smallest absolute Gasteiger partial charge is 0.250 e. The summed E-state index contributed by atoms with van der Waals surface area (Å²) < 4.78 is 23.7. The van der Waals surface area contributed by atoms with Gasteiger partial charge in [0.2, 0.25) is 5.91 Å². The molecular weight excluding hydrogens is 370 g/mol. The molecule has 2 atom stereocenters. The van der Waals surface area contributed by atoms with Crippen LogP contribution in [0.4, 0.5) is 0 Å². The number of carbonyl (C=O) groups excluding carboxylic acids is 1. The second-order valence-corrected chi connectivity index (χ2v) is 7.33. The van der Waals surface area contributed by atoms with Gasteiger partial charge in [0.25, 0.3) is 0 Å². The average molecular weight is 388 g/mol. The maximum Gasteiger partial charge on any atom is 0.250 e. The van der Waals surface area contributed by atoms with Crippen molar-refractivity contribution in [3.05, 3.63) is 42.9 Å². The van der Waals surface area contributed by atoms with Crippen molar-refractivity contribution in [2.75, 3.05) is 5.75 Å². The highest BCUT2D eigenvalue weighted by Crippen LogP contribution is 2.25. The second kappa shape index (κ2) is 7.91. The van der Waals surface area contributed by atoms with E-state index < -0.39 is 28.2 Å². The molecule has 1 unspecified atom stereocenters. The molecule has 3 aromatic rings. The normalized spacial score (nSPS) is 14.6. The highest BCUT2D eigenvalue weighted by molar-refractivity contribution is 7.79. The molecule has 0 bridgehead atoms. The third-order valence-corrected chi connectivity index (χ3v) is 5.23. The topological polar surface area (TPSA) is 133 Å².